The third kappa shape index (κ3) is 11.3. The third-order valence-corrected chi connectivity index (χ3v) is 18.7. The topological polar surface area (TPSA) is 316 Å². The van der Waals surface area contributed by atoms with Crippen molar-refractivity contribution in [1.29, 1.82) is 0 Å². The lowest BCUT2D eigenvalue weighted by molar-refractivity contribution is -0.151. The summed E-state index contributed by atoms with van der Waals surface area (Å²) in [4.78, 5) is 179. The average molecular weight is 1310 g/mol. The molecule has 25 nitrogen and oxygen atoms in total. The molecular weight excluding hydrogens is 1240 g/mol. The number of halogens is 2. The predicted octanol–water partition coefficient (Wildman–Crippen LogP) is 6.02. The fourth-order valence-corrected chi connectivity index (χ4v) is 13.5. The Hall–Kier alpha value is -11.2. The van der Waals surface area contributed by atoms with Crippen molar-refractivity contribution >= 4 is 117 Å². The number of hydrogen-bond acceptors (Lipinski definition) is 15. The zero-order valence-corrected chi connectivity index (χ0v) is 53.7. The van der Waals surface area contributed by atoms with Gasteiger partial charge in [-0.2, -0.15) is 0 Å². The van der Waals surface area contributed by atoms with Crippen molar-refractivity contribution in [3.05, 3.63) is 151 Å². The standard InChI is InChI=1S/C69H67F2N13O12/c1-32-47(30-42-40-28-37(70)10-13-45(40)78-60(42)87)76-34(3)55(32)61(88)74-21-9-20-72-49-27-36(26-44-57(49)67(94)83(64(44)91)51-16-18-53(85)81(7)65(51)92)39-12-14-46(59-58(39)68(95)84(69(59)96)52-17-19-54(86)82(8)66(52)93)73-22-24-79(5)25-23-75-62(89)56-33(2)48(77-35(56)4)31-43-41-29-38(71)11-15-50(41)80(6)63(43)90/h10-15,26-31,51-52,72-73,76-77H,9,16-25H2,1-8H3,(H,74,88)(H,75,89)(H,78,87)/b42-30-,43-31-. The van der Waals surface area contributed by atoms with Crippen LogP contribution in [-0.2, 0) is 28.8 Å². The smallest absolute Gasteiger partial charge is 0.264 e. The highest BCUT2D eigenvalue weighted by atomic mass is 19.1. The number of anilines is 4. The van der Waals surface area contributed by atoms with Crippen LogP contribution in [0.1, 0.15) is 139 Å². The van der Waals surface area contributed by atoms with Gasteiger partial charge in [-0.1, -0.05) is 6.07 Å². The Kier molecular flexibility index (Phi) is 17.1. The number of likely N-dealkylation sites (N-methyl/N-ethyl adjacent to an activating group) is 4. The maximum Gasteiger partial charge on any atom is 0.264 e. The first-order valence-corrected chi connectivity index (χ1v) is 31.2. The molecule has 494 valence electrons. The molecule has 27 heteroatoms. The van der Waals surface area contributed by atoms with Gasteiger partial charge in [-0.3, -0.25) is 77.1 Å². The zero-order chi connectivity index (χ0) is 68.6. The van der Waals surface area contributed by atoms with E-state index in [0.717, 1.165) is 19.6 Å². The lowest BCUT2D eigenvalue weighted by Gasteiger charge is -2.32. The van der Waals surface area contributed by atoms with Crippen LogP contribution in [0, 0.1) is 39.3 Å². The van der Waals surface area contributed by atoms with Crippen LogP contribution in [0.5, 0.6) is 0 Å². The first-order chi connectivity index (χ1) is 45.7. The molecule has 8 heterocycles. The summed E-state index contributed by atoms with van der Waals surface area (Å²) in [5, 5.41) is 15.1. The van der Waals surface area contributed by atoms with Crippen LogP contribution in [0.25, 0.3) is 34.4 Å². The number of hydrogen-bond donors (Lipinski definition) is 7. The van der Waals surface area contributed by atoms with E-state index in [2.05, 4.69) is 36.6 Å². The number of imide groups is 4. The minimum Gasteiger partial charge on any atom is -0.384 e. The summed E-state index contributed by atoms with van der Waals surface area (Å²) in [6, 6.07) is 11.4. The molecule has 0 radical (unpaired) electrons. The Morgan fingerprint density at radius 2 is 1.09 bits per heavy atom. The van der Waals surface area contributed by atoms with E-state index in [1.807, 2.05) is 11.9 Å². The molecule has 2 saturated heterocycles. The highest BCUT2D eigenvalue weighted by Crippen LogP contribution is 2.44. The molecule has 12 rings (SSSR count). The molecule has 6 aliphatic heterocycles. The van der Waals surface area contributed by atoms with Crippen molar-refractivity contribution in [3.63, 3.8) is 0 Å². The van der Waals surface area contributed by atoms with E-state index >= 15 is 4.79 Å². The maximum atomic E-state index is 15.1. The van der Waals surface area contributed by atoms with E-state index in [1.165, 1.54) is 67.5 Å². The lowest BCUT2D eigenvalue weighted by Crippen LogP contribution is -2.54. The largest absolute Gasteiger partial charge is 0.384 e. The molecule has 7 N–H and O–H groups in total. The lowest BCUT2D eigenvalue weighted by atomic mass is 9.92. The van der Waals surface area contributed by atoms with Gasteiger partial charge < -0.3 is 46.4 Å². The molecule has 6 aromatic rings. The van der Waals surface area contributed by atoms with Gasteiger partial charge in [0, 0.05) is 124 Å². The number of amides is 12. The molecule has 0 spiro atoms. The number of fused-ring (bicyclic) bond motifs is 4. The molecule has 0 saturated carbocycles. The van der Waals surface area contributed by atoms with Crippen LogP contribution in [0.2, 0.25) is 0 Å². The summed E-state index contributed by atoms with van der Waals surface area (Å²) in [5.41, 5.74) is 6.27. The molecule has 0 aliphatic carbocycles. The number of nitrogens with one attached hydrogen (secondary N) is 7. The highest BCUT2D eigenvalue weighted by Gasteiger charge is 2.50. The Balaban J connectivity index is 0.782. The summed E-state index contributed by atoms with van der Waals surface area (Å²) in [6.45, 7) is 8.14. The molecule has 0 bridgehead atoms. The second-order valence-corrected chi connectivity index (χ2v) is 24.6. The summed E-state index contributed by atoms with van der Waals surface area (Å²) in [7, 11) is 5.95. The number of aromatic nitrogens is 2. The van der Waals surface area contributed by atoms with Gasteiger partial charge in [-0.05, 0) is 143 Å². The van der Waals surface area contributed by atoms with E-state index in [0.29, 0.717) is 80.6 Å². The second-order valence-electron chi connectivity index (χ2n) is 24.6. The van der Waals surface area contributed by atoms with Gasteiger partial charge in [0.25, 0.3) is 59.1 Å². The minimum absolute atomic E-state index is 0.0722. The molecule has 96 heavy (non-hydrogen) atoms. The fourth-order valence-electron chi connectivity index (χ4n) is 13.5. The van der Waals surface area contributed by atoms with Gasteiger partial charge in [-0.15, -0.1) is 0 Å². The molecule has 4 aromatic carbocycles. The molecule has 2 unspecified atom stereocenters. The number of aromatic amines is 2. The number of likely N-dealkylation sites (tertiary alicyclic amines) is 2. The molecule has 12 amide bonds. The molecule has 2 atom stereocenters. The van der Waals surface area contributed by atoms with E-state index in [4.69, 9.17) is 0 Å². The number of piperidine rings is 2. The van der Waals surface area contributed by atoms with Gasteiger partial charge in [-0.25, -0.2) is 8.78 Å². The SMILES string of the molecule is Cc1[nH]c(/C=C2\C(=O)Nc3ccc(F)cc32)c(C)c1C(=O)NCCCNc1cc(-c2ccc(NCCN(C)CCNC(=O)c3c(C)[nH]c(/C=C4\C(=O)N(C)c5ccc(F)cc54)c3C)c3c2C(=O)N(C2CCC(=O)N(C)C2=O)C3=O)cc2c1C(=O)N(C1CCC(=O)N(C)C1=O)C2=O. The van der Waals surface area contributed by atoms with Crippen molar-refractivity contribution in [2.75, 3.05) is 88.3 Å². The van der Waals surface area contributed by atoms with E-state index in [9.17, 15) is 61.5 Å². The van der Waals surface area contributed by atoms with E-state index < -0.39 is 82.8 Å². The number of rotatable bonds is 19. The van der Waals surface area contributed by atoms with Gasteiger partial charge >= 0.3 is 0 Å². The summed E-state index contributed by atoms with van der Waals surface area (Å²) < 4.78 is 28.5. The first-order valence-electron chi connectivity index (χ1n) is 31.2. The van der Waals surface area contributed by atoms with Crippen molar-refractivity contribution in [2.24, 2.45) is 0 Å². The molecule has 6 aliphatic rings. The summed E-state index contributed by atoms with van der Waals surface area (Å²) in [5.74, 6) is -8.47. The van der Waals surface area contributed by atoms with Gasteiger partial charge in [0.05, 0.1) is 50.2 Å². The molecule has 2 fully saturated rings. The van der Waals surface area contributed by atoms with Crippen molar-refractivity contribution in [3.8, 4) is 11.1 Å². The number of aryl methyl sites for hydroxylation is 2. The second kappa shape index (κ2) is 25.3. The normalized spacial score (nSPS) is 18.4. The van der Waals surface area contributed by atoms with E-state index in [-0.39, 0.29) is 126 Å². The Bertz CT molecular complexity index is 4560. The maximum absolute atomic E-state index is 15.1. The van der Waals surface area contributed by atoms with Crippen molar-refractivity contribution in [2.45, 2.75) is 71.9 Å². The third-order valence-electron chi connectivity index (χ3n) is 18.7. The zero-order valence-electron chi connectivity index (χ0n) is 53.7. The Labute approximate surface area is 548 Å². The number of nitrogens with zero attached hydrogens (tertiary/aromatic N) is 6. The average Bonchev–Trinajstić information content (AvgIpc) is 1.57. The van der Waals surface area contributed by atoms with Gasteiger partial charge in [0.1, 0.15) is 23.7 Å². The Morgan fingerprint density at radius 3 is 1.73 bits per heavy atom. The van der Waals surface area contributed by atoms with Crippen LogP contribution in [-0.4, -0.2) is 185 Å². The Morgan fingerprint density at radius 1 is 0.552 bits per heavy atom. The van der Waals surface area contributed by atoms with Gasteiger partial charge in [0.15, 0.2) is 0 Å². The summed E-state index contributed by atoms with van der Waals surface area (Å²) in [6.07, 6.45) is 2.87. The van der Waals surface area contributed by atoms with Crippen LogP contribution >= 0.6 is 0 Å². The van der Waals surface area contributed by atoms with Crippen LogP contribution in [0.3, 0.4) is 0 Å². The number of carbonyl (C=O) groups is 12. The van der Waals surface area contributed by atoms with Crippen molar-refractivity contribution in [1.82, 2.24) is 45.1 Å². The first kappa shape index (κ1) is 64.9. The van der Waals surface area contributed by atoms with Crippen LogP contribution in [0.4, 0.5) is 31.5 Å². The number of carbonyl (C=O) groups excluding carboxylic acids is 12. The number of benzene rings is 4. The fraction of sp³-hybridized carbons (Fsp3) is 0.304. The van der Waals surface area contributed by atoms with Crippen LogP contribution in [0.15, 0.2) is 60.7 Å². The molecular formula is C69H67F2N13O12. The predicted molar refractivity (Wildman–Crippen MR) is 349 cm³/mol. The molecule has 2 aromatic heterocycles. The van der Waals surface area contributed by atoms with Crippen molar-refractivity contribution < 1.29 is 66.3 Å². The quantitative estimate of drug-likeness (QED) is 0.0277. The van der Waals surface area contributed by atoms with Crippen LogP contribution < -0.4 is 31.5 Å². The minimum atomic E-state index is -1.36. The summed E-state index contributed by atoms with van der Waals surface area (Å²) >= 11 is 0. The number of H-pyrrole nitrogens is 2. The van der Waals surface area contributed by atoms with E-state index in [1.54, 1.807) is 59.0 Å². The monoisotopic (exact) mass is 1310 g/mol. The van der Waals surface area contributed by atoms with Gasteiger partial charge in [0.2, 0.25) is 11.8 Å². The highest BCUT2D eigenvalue weighted by molar-refractivity contribution is 6.36.